The highest BCUT2D eigenvalue weighted by molar-refractivity contribution is 5.71. The van der Waals surface area contributed by atoms with Gasteiger partial charge in [-0.2, -0.15) is 0 Å². The highest BCUT2D eigenvalue weighted by atomic mass is 16.6. The van der Waals surface area contributed by atoms with E-state index in [0.717, 1.165) is 116 Å². The zero-order valence-electron chi connectivity index (χ0n) is 43.9. The molecule has 1 atom stereocenters. The highest BCUT2D eigenvalue weighted by Crippen LogP contribution is 2.15. The van der Waals surface area contributed by atoms with Gasteiger partial charge in [-0.25, -0.2) is 0 Å². The summed E-state index contributed by atoms with van der Waals surface area (Å²) in [6.07, 6.45) is 71.4. The summed E-state index contributed by atoms with van der Waals surface area (Å²) in [5.41, 5.74) is 0. The van der Waals surface area contributed by atoms with Gasteiger partial charge < -0.3 is 14.2 Å². The number of ether oxygens (including phenoxy) is 3. The van der Waals surface area contributed by atoms with Crippen LogP contribution in [0.4, 0.5) is 0 Å². The van der Waals surface area contributed by atoms with Gasteiger partial charge in [-0.3, -0.25) is 14.4 Å². The molecule has 0 fully saturated rings. The molecule has 1 unspecified atom stereocenters. The van der Waals surface area contributed by atoms with Gasteiger partial charge in [0.15, 0.2) is 6.10 Å². The molecule has 0 aromatic heterocycles. The second-order valence-corrected chi connectivity index (χ2v) is 18.4. The molecule has 6 heteroatoms. The van der Waals surface area contributed by atoms with Gasteiger partial charge in [0, 0.05) is 19.3 Å². The Balaban J connectivity index is 4.43. The molecular weight excluding hydrogens is 829 g/mol. The van der Waals surface area contributed by atoms with Crippen LogP contribution in [-0.4, -0.2) is 37.2 Å². The van der Waals surface area contributed by atoms with Crippen LogP contribution < -0.4 is 0 Å². The van der Waals surface area contributed by atoms with Crippen molar-refractivity contribution in [3.63, 3.8) is 0 Å². The molecule has 0 aliphatic heterocycles. The normalized spacial score (nSPS) is 12.7. The summed E-state index contributed by atoms with van der Waals surface area (Å²) < 4.78 is 16.8. The van der Waals surface area contributed by atoms with Crippen molar-refractivity contribution < 1.29 is 28.6 Å². The monoisotopic (exact) mass is 933 g/mol. The van der Waals surface area contributed by atoms with E-state index < -0.39 is 6.10 Å². The Hall–Kier alpha value is -3.41. The lowest BCUT2D eigenvalue weighted by Crippen LogP contribution is -2.30. The molecule has 0 saturated carbocycles. The Bertz CT molecular complexity index is 1300. The van der Waals surface area contributed by atoms with E-state index in [1.54, 1.807) is 0 Å². The maximum atomic E-state index is 12.8. The van der Waals surface area contributed by atoms with Crippen molar-refractivity contribution >= 4 is 17.9 Å². The number of allylic oxidation sites excluding steroid dienone is 14. The zero-order chi connectivity index (χ0) is 48.6. The van der Waals surface area contributed by atoms with Crippen LogP contribution in [0, 0.1) is 0 Å². The maximum absolute atomic E-state index is 12.8. The standard InChI is InChI=1S/C61H104O6/c1-4-7-10-13-16-19-22-25-28-31-34-36-39-42-45-48-51-54-60(63)66-57-58(67-61(64)55-52-49-46-43-40-37-33-30-27-24-21-18-15-12-9-6-3)56-65-59(62)53-50-47-44-41-38-35-32-29-26-23-20-17-14-11-8-5-2/h8-9,11-12,17-18,20-21,25-30,58H,4-7,10,13-16,19,22-24,31-57H2,1-3H3/b11-8-,12-9-,20-17-,21-18-,28-25-,29-26-,30-27-. The van der Waals surface area contributed by atoms with Gasteiger partial charge in [-0.1, -0.05) is 221 Å². The Kier molecular flexibility index (Phi) is 52.4. The van der Waals surface area contributed by atoms with E-state index in [4.69, 9.17) is 14.2 Å². The predicted octanol–water partition coefficient (Wildman–Crippen LogP) is 18.8. The molecule has 6 nitrogen and oxygen atoms in total. The molecule has 0 spiro atoms. The van der Waals surface area contributed by atoms with E-state index in [1.807, 2.05) is 0 Å². The second kappa shape index (κ2) is 55.2. The van der Waals surface area contributed by atoms with Crippen molar-refractivity contribution in [1.29, 1.82) is 0 Å². The van der Waals surface area contributed by atoms with Crippen LogP contribution in [-0.2, 0) is 28.6 Å². The van der Waals surface area contributed by atoms with Crippen molar-refractivity contribution in [2.75, 3.05) is 13.2 Å². The fraction of sp³-hybridized carbons (Fsp3) is 0.721. The van der Waals surface area contributed by atoms with Crippen molar-refractivity contribution in [3.05, 3.63) is 85.1 Å². The molecule has 384 valence electrons. The van der Waals surface area contributed by atoms with E-state index in [9.17, 15) is 14.4 Å². The molecule has 0 N–H and O–H groups in total. The summed E-state index contributed by atoms with van der Waals surface area (Å²) in [5.74, 6) is -0.914. The number of carbonyl (C=O) groups is 3. The minimum atomic E-state index is -0.791. The summed E-state index contributed by atoms with van der Waals surface area (Å²) in [5, 5.41) is 0. The molecular formula is C61H104O6. The largest absolute Gasteiger partial charge is 0.462 e. The van der Waals surface area contributed by atoms with Crippen LogP contribution in [0.1, 0.15) is 265 Å². The molecule has 67 heavy (non-hydrogen) atoms. The molecule has 0 aromatic rings. The Labute approximate surface area is 414 Å². The molecule has 0 amide bonds. The van der Waals surface area contributed by atoms with Gasteiger partial charge in [-0.15, -0.1) is 0 Å². The van der Waals surface area contributed by atoms with Crippen LogP contribution in [0.15, 0.2) is 85.1 Å². The second-order valence-electron chi connectivity index (χ2n) is 18.4. The molecule has 0 saturated heterocycles. The van der Waals surface area contributed by atoms with Gasteiger partial charge in [0.2, 0.25) is 0 Å². The van der Waals surface area contributed by atoms with Gasteiger partial charge >= 0.3 is 17.9 Å². The number of rotatable bonds is 50. The van der Waals surface area contributed by atoms with Gasteiger partial charge in [0.1, 0.15) is 13.2 Å². The van der Waals surface area contributed by atoms with Crippen molar-refractivity contribution in [3.8, 4) is 0 Å². The summed E-state index contributed by atoms with van der Waals surface area (Å²) in [6, 6.07) is 0. The van der Waals surface area contributed by atoms with E-state index >= 15 is 0 Å². The lowest BCUT2D eigenvalue weighted by molar-refractivity contribution is -0.167. The molecule has 0 aliphatic rings. The Morgan fingerprint density at radius 3 is 0.925 bits per heavy atom. The number of hydrogen-bond acceptors (Lipinski definition) is 6. The molecule has 0 aromatic carbocycles. The summed E-state index contributed by atoms with van der Waals surface area (Å²) in [6.45, 7) is 6.40. The van der Waals surface area contributed by atoms with Gasteiger partial charge in [-0.05, 0) is 109 Å². The minimum Gasteiger partial charge on any atom is -0.462 e. The number of esters is 3. The van der Waals surface area contributed by atoms with Crippen LogP contribution in [0.5, 0.6) is 0 Å². The Morgan fingerprint density at radius 2 is 0.582 bits per heavy atom. The third kappa shape index (κ3) is 53.4. The number of hydrogen-bond donors (Lipinski definition) is 0. The lowest BCUT2D eigenvalue weighted by Gasteiger charge is -2.18. The summed E-state index contributed by atoms with van der Waals surface area (Å²) in [7, 11) is 0. The molecule has 0 bridgehead atoms. The quantitative estimate of drug-likeness (QED) is 0.0262. The average Bonchev–Trinajstić information content (AvgIpc) is 3.33. The first kappa shape index (κ1) is 63.6. The molecule has 0 radical (unpaired) electrons. The van der Waals surface area contributed by atoms with Crippen molar-refractivity contribution in [1.82, 2.24) is 0 Å². The van der Waals surface area contributed by atoms with E-state index in [2.05, 4.69) is 106 Å². The van der Waals surface area contributed by atoms with Crippen LogP contribution >= 0.6 is 0 Å². The Morgan fingerprint density at radius 1 is 0.313 bits per heavy atom. The lowest BCUT2D eigenvalue weighted by atomic mass is 10.1. The summed E-state index contributed by atoms with van der Waals surface area (Å²) >= 11 is 0. The predicted molar refractivity (Wildman–Crippen MR) is 288 cm³/mol. The average molecular weight is 933 g/mol. The SMILES string of the molecule is CC/C=C\C/C=C\C/C=C\CCCCCCCCC(=O)OCC(COC(=O)CCCCCCCCC/C=C\CCCCCCCC)OC(=O)CCCCCCCC/C=C\C/C=C\C/C=C\CC. The van der Waals surface area contributed by atoms with Crippen LogP contribution in [0.3, 0.4) is 0 Å². The fourth-order valence-electron chi connectivity index (χ4n) is 7.70. The third-order valence-corrected chi connectivity index (χ3v) is 11.9. The van der Waals surface area contributed by atoms with E-state index in [-0.39, 0.29) is 31.1 Å². The summed E-state index contributed by atoms with van der Waals surface area (Å²) in [4.78, 5) is 38.1. The van der Waals surface area contributed by atoms with E-state index in [1.165, 1.54) is 109 Å². The zero-order valence-corrected chi connectivity index (χ0v) is 43.9. The van der Waals surface area contributed by atoms with Crippen LogP contribution in [0.2, 0.25) is 0 Å². The van der Waals surface area contributed by atoms with Gasteiger partial charge in [0.05, 0.1) is 0 Å². The maximum Gasteiger partial charge on any atom is 0.306 e. The van der Waals surface area contributed by atoms with Crippen LogP contribution in [0.25, 0.3) is 0 Å². The minimum absolute atomic E-state index is 0.0885. The fourth-order valence-corrected chi connectivity index (χ4v) is 7.70. The highest BCUT2D eigenvalue weighted by Gasteiger charge is 2.19. The number of unbranched alkanes of at least 4 members (excludes halogenated alkanes) is 25. The molecule has 0 heterocycles. The number of carbonyl (C=O) groups excluding carboxylic acids is 3. The van der Waals surface area contributed by atoms with Gasteiger partial charge in [0.25, 0.3) is 0 Å². The smallest absolute Gasteiger partial charge is 0.306 e. The first-order valence-electron chi connectivity index (χ1n) is 28.1. The van der Waals surface area contributed by atoms with E-state index in [0.29, 0.717) is 19.3 Å². The molecule has 0 rings (SSSR count). The topological polar surface area (TPSA) is 78.9 Å². The first-order chi connectivity index (χ1) is 33.0. The third-order valence-electron chi connectivity index (χ3n) is 11.9. The van der Waals surface area contributed by atoms with Crippen molar-refractivity contribution in [2.45, 2.75) is 271 Å². The first-order valence-corrected chi connectivity index (χ1v) is 28.1. The molecule has 0 aliphatic carbocycles. The van der Waals surface area contributed by atoms with Crippen molar-refractivity contribution in [2.24, 2.45) is 0 Å².